The van der Waals surface area contributed by atoms with Gasteiger partial charge in [-0.15, -0.1) is 0 Å². The van der Waals surface area contributed by atoms with Gasteiger partial charge in [0.05, 0.1) is 19.2 Å². The van der Waals surface area contributed by atoms with Gasteiger partial charge in [0.1, 0.15) is 5.75 Å². The first kappa shape index (κ1) is 15.9. The number of nitrogens with zero attached hydrogens (tertiary/aromatic N) is 1. The molecule has 1 N–H and O–H groups in total. The summed E-state index contributed by atoms with van der Waals surface area (Å²) < 4.78 is 5.41. The first-order valence-electron chi connectivity index (χ1n) is 7.26. The van der Waals surface area contributed by atoms with Crippen LogP contribution in [0.2, 0.25) is 0 Å². The summed E-state index contributed by atoms with van der Waals surface area (Å²) in [4.78, 5) is 13.0. The number of benzene rings is 2. The number of aliphatic carboxylic acids is 1. The van der Waals surface area contributed by atoms with Gasteiger partial charge in [0.15, 0.2) is 0 Å². The number of methoxy groups -OCH3 is 1. The molecule has 116 valence electrons. The lowest BCUT2D eigenvalue weighted by Crippen LogP contribution is -2.26. The molecule has 0 atom stereocenters. The summed E-state index contributed by atoms with van der Waals surface area (Å²) in [6, 6.07) is 15.8. The molecule has 0 spiro atoms. The zero-order valence-electron chi connectivity index (χ0n) is 13.0. The summed E-state index contributed by atoms with van der Waals surface area (Å²) in [6.45, 7) is 3.15. The number of ether oxygens (including phenoxy) is 1. The minimum absolute atomic E-state index is 0.0872. The van der Waals surface area contributed by atoms with E-state index in [0.717, 1.165) is 11.4 Å². The Labute approximate surface area is 131 Å². The molecule has 0 amide bonds. The lowest BCUT2D eigenvalue weighted by molar-refractivity contribution is -0.136. The van der Waals surface area contributed by atoms with Crippen LogP contribution in [0.4, 0.5) is 5.69 Å². The molecule has 0 saturated heterocycles. The predicted molar refractivity (Wildman–Crippen MR) is 87.5 cm³/mol. The maximum absolute atomic E-state index is 11.0. The number of rotatable bonds is 7. The fourth-order valence-corrected chi connectivity index (χ4v) is 2.40. The highest BCUT2D eigenvalue weighted by Crippen LogP contribution is 2.29. The maximum atomic E-state index is 11.0. The molecular formula is C18H21NO3. The second-order valence-corrected chi connectivity index (χ2v) is 5.16. The van der Waals surface area contributed by atoms with Crippen LogP contribution in [0, 0.1) is 6.92 Å². The molecule has 4 heteroatoms. The average molecular weight is 299 g/mol. The minimum Gasteiger partial charge on any atom is -0.495 e. The van der Waals surface area contributed by atoms with Crippen molar-refractivity contribution in [1.82, 2.24) is 0 Å². The van der Waals surface area contributed by atoms with Gasteiger partial charge in [-0.3, -0.25) is 4.79 Å². The molecule has 0 bridgehead atoms. The Hall–Kier alpha value is -2.49. The Morgan fingerprint density at radius 1 is 1.14 bits per heavy atom. The Morgan fingerprint density at radius 2 is 1.82 bits per heavy atom. The van der Waals surface area contributed by atoms with Crippen LogP contribution in [0.25, 0.3) is 0 Å². The molecule has 0 radical (unpaired) electrons. The molecule has 2 rings (SSSR count). The van der Waals surface area contributed by atoms with E-state index in [1.807, 2.05) is 36.4 Å². The van der Waals surface area contributed by atoms with Crippen molar-refractivity contribution in [3.8, 4) is 5.75 Å². The molecule has 4 nitrogen and oxygen atoms in total. The molecule has 0 saturated carbocycles. The topological polar surface area (TPSA) is 49.8 Å². The second-order valence-electron chi connectivity index (χ2n) is 5.16. The van der Waals surface area contributed by atoms with Crippen molar-refractivity contribution in [2.45, 2.75) is 19.9 Å². The molecule has 22 heavy (non-hydrogen) atoms. The zero-order valence-corrected chi connectivity index (χ0v) is 13.0. The van der Waals surface area contributed by atoms with Crippen molar-refractivity contribution in [2.24, 2.45) is 0 Å². The van der Waals surface area contributed by atoms with E-state index in [2.05, 4.69) is 24.0 Å². The van der Waals surface area contributed by atoms with Crippen molar-refractivity contribution in [2.75, 3.05) is 18.6 Å². The van der Waals surface area contributed by atoms with Gasteiger partial charge in [-0.2, -0.15) is 0 Å². The zero-order chi connectivity index (χ0) is 15.9. The first-order valence-corrected chi connectivity index (χ1v) is 7.26. The van der Waals surface area contributed by atoms with Gasteiger partial charge in [-0.25, -0.2) is 0 Å². The van der Waals surface area contributed by atoms with Gasteiger partial charge >= 0.3 is 5.97 Å². The fraction of sp³-hybridized carbons (Fsp3) is 0.278. The normalized spacial score (nSPS) is 10.3. The van der Waals surface area contributed by atoms with Crippen molar-refractivity contribution >= 4 is 11.7 Å². The second kappa shape index (κ2) is 7.50. The quantitative estimate of drug-likeness (QED) is 0.850. The number of carbonyl (C=O) groups is 1. The lowest BCUT2D eigenvalue weighted by Gasteiger charge is -2.26. The van der Waals surface area contributed by atoms with E-state index in [0.29, 0.717) is 13.1 Å². The lowest BCUT2D eigenvalue weighted by atomic mass is 10.1. The Bertz CT molecular complexity index is 640. The van der Waals surface area contributed by atoms with Crippen molar-refractivity contribution in [1.29, 1.82) is 0 Å². The first-order chi connectivity index (χ1) is 10.6. The third kappa shape index (κ3) is 4.01. The van der Waals surface area contributed by atoms with Crippen molar-refractivity contribution < 1.29 is 14.6 Å². The van der Waals surface area contributed by atoms with E-state index < -0.39 is 5.97 Å². The third-order valence-electron chi connectivity index (χ3n) is 3.64. The highest BCUT2D eigenvalue weighted by Gasteiger charge is 2.14. The van der Waals surface area contributed by atoms with E-state index in [-0.39, 0.29) is 6.42 Å². The van der Waals surface area contributed by atoms with Crippen LogP contribution in [0.5, 0.6) is 5.75 Å². The molecule has 0 heterocycles. The molecule has 0 aliphatic rings. The van der Waals surface area contributed by atoms with Gasteiger partial charge in [0.2, 0.25) is 0 Å². The van der Waals surface area contributed by atoms with E-state index in [9.17, 15) is 4.79 Å². The van der Waals surface area contributed by atoms with Crippen LogP contribution in [0.3, 0.4) is 0 Å². The largest absolute Gasteiger partial charge is 0.495 e. The monoisotopic (exact) mass is 299 g/mol. The molecular weight excluding hydrogens is 278 g/mol. The smallest absolute Gasteiger partial charge is 0.305 e. The molecule has 0 aliphatic carbocycles. The molecule has 2 aromatic rings. The summed E-state index contributed by atoms with van der Waals surface area (Å²) in [5.74, 6) is -0.0499. The van der Waals surface area contributed by atoms with Crippen LogP contribution < -0.4 is 9.64 Å². The highest BCUT2D eigenvalue weighted by atomic mass is 16.5. The Balaban J connectivity index is 2.30. The maximum Gasteiger partial charge on any atom is 0.305 e. The number of hydrogen-bond donors (Lipinski definition) is 1. The summed E-state index contributed by atoms with van der Waals surface area (Å²) in [7, 11) is 1.63. The van der Waals surface area contributed by atoms with E-state index in [1.54, 1.807) is 7.11 Å². The number of aryl methyl sites for hydroxylation is 1. The van der Waals surface area contributed by atoms with Gasteiger partial charge in [-0.1, -0.05) is 36.4 Å². The van der Waals surface area contributed by atoms with Crippen LogP contribution in [0.1, 0.15) is 17.5 Å². The standard InChI is InChI=1S/C18H21NO3/c1-14-7-3-4-8-15(14)13-19(12-11-18(20)21)16-9-5-6-10-17(16)22-2/h3-10H,11-13H2,1-2H3,(H,20,21). The fourth-order valence-electron chi connectivity index (χ4n) is 2.40. The minimum atomic E-state index is -0.801. The number of carboxylic acids is 1. The average Bonchev–Trinajstić information content (AvgIpc) is 2.53. The van der Waals surface area contributed by atoms with Crippen LogP contribution in [0.15, 0.2) is 48.5 Å². The number of hydrogen-bond acceptors (Lipinski definition) is 3. The van der Waals surface area contributed by atoms with Gasteiger partial charge in [-0.05, 0) is 30.2 Å². The van der Waals surface area contributed by atoms with Gasteiger partial charge in [0.25, 0.3) is 0 Å². The van der Waals surface area contributed by atoms with E-state index in [1.165, 1.54) is 11.1 Å². The summed E-state index contributed by atoms with van der Waals surface area (Å²) >= 11 is 0. The molecule has 0 unspecified atom stereocenters. The summed E-state index contributed by atoms with van der Waals surface area (Å²) in [5.41, 5.74) is 3.28. The van der Waals surface area contributed by atoms with E-state index in [4.69, 9.17) is 9.84 Å². The number of carboxylic acid groups (broad SMARTS) is 1. The SMILES string of the molecule is COc1ccccc1N(CCC(=O)O)Cc1ccccc1C. The molecule has 0 aromatic heterocycles. The number of para-hydroxylation sites is 2. The number of anilines is 1. The van der Waals surface area contributed by atoms with Crippen LogP contribution in [-0.4, -0.2) is 24.7 Å². The molecule has 0 aliphatic heterocycles. The van der Waals surface area contributed by atoms with Crippen LogP contribution >= 0.6 is 0 Å². The summed E-state index contributed by atoms with van der Waals surface area (Å²) in [6.07, 6.45) is 0.0872. The Kier molecular flexibility index (Phi) is 5.42. The third-order valence-corrected chi connectivity index (χ3v) is 3.64. The molecule has 2 aromatic carbocycles. The van der Waals surface area contributed by atoms with Gasteiger partial charge < -0.3 is 14.7 Å². The summed E-state index contributed by atoms with van der Waals surface area (Å²) in [5, 5.41) is 9.00. The Morgan fingerprint density at radius 3 is 2.50 bits per heavy atom. The van der Waals surface area contributed by atoms with Crippen molar-refractivity contribution in [3.05, 3.63) is 59.7 Å². The van der Waals surface area contributed by atoms with Crippen molar-refractivity contribution in [3.63, 3.8) is 0 Å². The van der Waals surface area contributed by atoms with Gasteiger partial charge in [0, 0.05) is 13.1 Å². The van der Waals surface area contributed by atoms with E-state index >= 15 is 0 Å². The molecule has 0 fully saturated rings. The van der Waals surface area contributed by atoms with Crippen LogP contribution in [-0.2, 0) is 11.3 Å². The predicted octanol–water partition coefficient (Wildman–Crippen LogP) is 3.48. The highest BCUT2D eigenvalue weighted by molar-refractivity contribution is 5.68.